The lowest BCUT2D eigenvalue weighted by atomic mass is 10.0. The van der Waals surface area contributed by atoms with Gasteiger partial charge >= 0.3 is 0 Å². The molecule has 2 rings (SSSR count). The van der Waals surface area contributed by atoms with Crippen molar-refractivity contribution < 1.29 is 13.2 Å². The van der Waals surface area contributed by atoms with E-state index in [1.165, 1.54) is 5.56 Å². The van der Waals surface area contributed by atoms with E-state index >= 15 is 0 Å². The van der Waals surface area contributed by atoms with Crippen LogP contribution in [0, 0.1) is 0 Å². The summed E-state index contributed by atoms with van der Waals surface area (Å²) in [5, 5.41) is 3.43. The zero-order chi connectivity index (χ0) is 15.1. The molecule has 5 heteroatoms. The van der Waals surface area contributed by atoms with E-state index in [1.807, 2.05) is 24.3 Å². The van der Waals surface area contributed by atoms with Crippen molar-refractivity contribution in [2.24, 2.45) is 0 Å². The lowest BCUT2D eigenvalue weighted by Crippen LogP contribution is -2.19. The van der Waals surface area contributed by atoms with E-state index < -0.39 is 5.76 Å². The number of halogens is 2. The van der Waals surface area contributed by atoms with Crippen LogP contribution >= 0.6 is 11.8 Å². The Kier molecular flexibility index (Phi) is 6.26. The molecule has 2 aromatic rings. The Hall–Kier alpha value is -1.33. The Labute approximate surface area is 127 Å². The Morgan fingerprint density at radius 1 is 1.10 bits per heavy atom. The Morgan fingerprint density at radius 3 is 2.48 bits per heavy atom. The van der Waals surface area contributed by atoms with E-state index in [2.05, 4.69) is 24.4 Å². The molecule has 21 heavy (non-hydrogen) atoms. The highest BCUT2D eigenvalue weighted by Crippen LogP contribution is 2.22. The van der Waals surface area contributed by atoms with Crippen molar-refractivity contribution in [1.82, 2.24) is 5.32 Å². The van der Waals surface area contributed by atoms with Crippen LogP contribution in [0.4, 0.5) is 8.78 Å². The molecule has 114 valence electrons. The third-order valence-electron chi connectivity index (χ3n) is 3.20. The van der Waals surface area contributed by atoms with Gasteiger partial charge in [0.15, 0.2) is 0 Å². The maximum Gasteiger partial charge on any atom is 0.284 e. The second kappa shape index (κ2) is 8.20. The minimum Gasteiger partial charge on any atom is -0.464 e. The fraction of sp³-hybridized carbons (Fsp3) is 0.375. The van der Waals surface area contributed by atoms with Crippen LogP contribution in [-0.4, -0.2) is 5.76 Å². The molecule has 0 radical (unpaired) electrons. The molecule has 1 unspecified atom stereocenters. The van der Waals surface area contributed by atoms with Crippen LogP contribution in [0.25, 0.3) is 0 Å². The van der Waals surface area contributed by atoms with Gasteiger partial charge in [0.2, 0.25) is 0 Å². The van der Waals surface area contributed by atoms with Gasteiger partial charge in [-0.25, -0.2) is 0 Å². The fourth-order valence-electron chi connectivity index (χ4n) is 2.15. The van der Waals surface area contributed by atoms with Crippen LogP contribution in [0.1, 0.15) is 36.5 Å². The van der Waals surface area contributed by atoms with Crippen LogP contribution in [0.3, 0.4) is 0 Å². The first kappa shape index (κ1) is 16.0. The molecule has 1 N–H and O–H groups in total. The Bertz CT molecular complexity index is 530. The molecule has 2 nitrogen and oxygen atoms in total. The molecule has 0 fully saturated rings. The van der Waals surface area contributed by atoms with Gasteiger partial charge in [-0.05, 0) is 24.1 Å². The van der Waals surface area contributed by atoms with Gasteiger partial charge in [0.05, 0.1) is 12.3 Å². The monoisotopic (exact) mass is 311 g/mol. The van der Waals surface area contributed by atoms with Crippen molar-refractivity contribution in [3.8, 4) is 0 Å². The predicted molar refractivity (Wildman–Crippen MR) is 82.3 cm³/mol. The maximum atomic E-state index is 12.1. The lowest BCUT2D eigenvalue weighted by molar-refractivity contribution is 0.251. The molecular weight excluding hydrogens is 292 g/mol. The lowest BCUT2D eigenvalue weighted by Gasteiger charge is -2.16. The molecule has 1 atom stereocenters. The summed E-state index contributed by atoms with van der Waals surface area (Å²) in [6, 6.07) is 14.1. The van der Waals surface area contributed by atoms with Crippen LogP contribution in [-0.2, 0) is 12.3 Å². The van der Waals surface area contributed by atoms with Crippen LogP contribution in [0.15, 0.2) is 46.9 Å². The van der Waals surface area contributed by atoms with Crippen LogP contribution < -0.4 is 5.32 Å². The number of furan rings is 1. The number of hydrogen-bond acceptors (Lipinski definition) is 3. The summed E-state index contributed by atoms with van der Waals surface area (Å²) in [7, 11) is 0. The van der Waals surface area contributed by atoms with E-state index in [0.29, 0.717) is 24.1 Å². The number of alkyl halides is 2. The highest BCUT2D eigenvalue weighted by atomic mass is 32.2. The minimum absolute atomic E-state index is 0.202. The predicted octanol–water partition coefficient (Wildman–Crippen LogP) is 4.98. The SMILES string of the molecule is CCC(NCc1ccc(CSC(F)F)o1)c1ccccc1. The normalized spacial score (nSPS) is 12.8. The summed E-state index contributed by atoms with van der Waals surface area (Å²) in [6.07, 6.45) is 0.971. The van der Waals surface area contributed by atoms with E-state index in [4.69, 9.17) is 4.42 Å². The first-order valence-electron chi connectivity index (χ1n) is 6.94. The Morgan fingerprint density at radius 2 is 1.81 bits per heavy atom. The molecule has 0 amide bonds. The topological polar surface area (TPSA) is 25.2 Å². The summed E-state index contributed by atoms with van der Waals surface area (Å²) in [6.45, 7) is 2.71. The van der Waals surface area contributed by atoms with Crippen molar-refractivity contribution in [3.05, 3.63) is 59.5 Å². The molecule has 0 aliphatic carbocycles. The van der Waals surface area contributed by atoms with Gasteiger partial charge in [-0.2, -0.15) is 8.78 Å². The largest absolute Gasteiger partial charge is 0.464 e. The van der Waals surface area contributed by atoms with Gasteiger partial charge in [0, 0.05) is 6.04 Å². The summed E-state index contributed by atoms with van der Waals surface area (Å²) >= 11 is 0.576. The smallest absolute Gasteiger partial charge is 0.284 e. The van der Waals surface area contributed by atoms with E-state index in [9.17, 15) is 8.78 Å². The van der Waals surface area contributed by atoms with Gasteiger partial charge < -0.3 is 9.73 Å². The van der Waals surface area contributed by atoms with Crippen LogP contribution in [0.5, 0.6) is 0 Å². The zero-order valence-electron chi connectivity index (χ0n) is 11.9. The van der Waals surface area contributed by atoms with Crippen molar-refractivity contribution in [1.29, 1.82) is 0 Å². The fourth-order valence-corrected chi connectivity index (χ4v) is 2.59. The molecule has 0 saturated carbocycles. The average Bonchev–Trinajstić information content (AvgIpc) is 2.95. The van der Waals surface area contributed by atoms with Crippen molar-refractivity contribution in [3.63, 3.8) is 0 Å². The van der Waals surface area contributed by atoms with Gasteiger partial charge in [-0.3, -0.25) is 0 Å². The highest BCUT2D eigenvalue weighted by Gasteiger charge is 2.10. The quantitative estimate of drug-likeness (QED) is 0.744. The van der Waals surface area contributed by atoms with Gasteiger partial charge in [0.25, 0.3) is 5.76 Å². The summed E-state index contributed by atoms with van der Waals surface area (Å²) in [5.74, 6) is -0.800. The van der Waals surface area contributed by atoms with Gasteiger partial charge in [-0.1, -0.05) is 49.0 Å². The molecule has 1 heterocycles. The third kappa shape index (κ3) is 5.17. The van der Waals surface area contributed by atoms with Crippen molar-refractivity contribution >= 4 is 11.8 Å². The maximum absolute atomic E-state index is 12.1. The Balaban J connectivity index is 1.87. The number of benzene rings is 1. The first-order chi connectivity index (χ1) is 10.2. The second-order valence-corrected chi connectivity index (χ2v) is 5.67. The second-order valence-electron chi connectivity index (χ2n) is 4.69. The molecule has 0 aliphatic rings. The van der Waals surface area contributed by atoms with Crippen molar-refractivity contribution in [2.75, 3.05) is 0 Å². The molecule has 0 saturated heterocycles. The van der Waals surface area contributed by atoms with Gasteiger partial charge in [0.1, 0.15) is 11.5 Å². The number of thioether (sulfide) groups is 1. The van der Waals surface area contributed by atoms with Crippen molar-refractivity contribution in [2.45, 2.75) is 37.4 Å². The number of nitrogens with one attached hydrogen (secondary N) is 1. The summed E-state index contributed by atoms with van der Waals surface area (Å²) in [5.41, 5.74) is 1.24. The molecule has 1 aromatic carbocycles. The first-order valence-corrected chi connectivity index (χ1v) is 7.99. The standard InChI is InChI=1S/C16H19F2NOS/c1-2-15(12-6-4-3-5-7-12)19-10-13-8-9-14(20-13)11-21-16(17)18/h3-9,15-16,19H,2,10-11H2,1H3. The summed E-state index contributed by atoms with van der Waals surface area (Å²) in [4.78, 5) is 0. The molecule has 0 bridgehead atoms. The molecule has 0 aliphatic heterocycles. The zero-order valence-corrected chi connectivity index (χ0v) is 12.7. The highest BCUT2D eigenvalue weighted by molar-refractivity contribution is 7.98. The van der Waals surface area contributed by atoms with E-state index in [0.717, 1.165) is 12.2 Å². The number of hydrogen-bond donors (Lipinski definition) is 1. The van der Waals surface area contributed by atoms with E-state index in [-0.39, 0.29) is 11.8 Å². The summed E-state index contributed by atoms with van der Waals surface area (Å²) < 4.78 is 29.8. The molecule has 1 aromatic heterocycles. The third-order valence-corrected chi connectivity index (χ3v) is 3.90. The van der Waals surface area contributed by atoms with Gasteiger partial charge in [-0.15, -0.1) is 0 Å². The molecule has 0 spiro atoms. The molecular formula is C16H19F2NOS. The van der Waals surface area contributed by atoms with E-state index in [1.54, 1.807) is 6.07 Å². The van der Waals surface area contributed by atoms with Crippen LogP contribution in [0.2, 0.25) is 0 Å². The number of rotatable bonds is 8. The minimum atomic E-state index is -2.36. The average molecular weight is 311 g/mol.